The first-order chi connectivity index (χ1) is 12.2. The minimum absolute atomic E-state index is 0.0617. The van der Waals surface area contributed by atoms with Gasteiger partial charge in [0.25, 0.3) is 0 Å². The van der Waals surface area contributed by atoms with Crippen molar-refractivity contribution < 1.29 is 13.2 Å². The highest BCUT2D eigenvalue weighted by atomic mass is 19.4. The van der Waals surface area contributed by atoms with Gasteiger partial charge >= 0.3 is 6.18 Å². The number of rotatable bonds is 3. The van der Waals surface area contributed by atoms with Gasteiger partial charge in [-0.3, -0.25) is 0 Å². The Morgan fingerprint density at radius 2 is 1.88 bits per heavy atom. The van der Waals surface area contributed by atoms with Crippen LogP contribution in [0.25, 0.3) is 11.0 Å². The highest BCUT2D eigenvalue weighted by Crippen LogP contribution is 2.47. The molecule has 2 aromatic rings. The van der Waals surface area contributed by atoms with Gasteiger partial charge in [0.2, 0.25) is 5.82 Å². The minimum atomic E-state index is -4.44. The molecule has 0 atom stereocenters. The van der Waals surface area contributed by atoms with Gasteiger partial charge in [-0.2, -0.15) is 18.4 Å². The van der Waals surface area contributed by atoms with Crippen LogP contribution in [0.2, 0.25) is 0 Å². The number of hydrogen-bond acceptors (Lipinski definition) is 5. The second-order valence-corrected chi connectivity index (χ2v) is 7.57. The molecule has 3 aliphatic carbocycles. The second-order valence-electron chi connectivity index (χ2n) is 7.57. The van der Waals surface area contributed by atoms with Crippen LogP contribution in [0.3, 0.4) is 0 Å². The lowest BCUT2D eigenvalue weighted by atomic mass is 9.62. The Balaban J connectivity index is 1.67. The van der Waals surface area contributed by atoms with Crippen LogP contribution in [0.1, 0.15) is 44.3 Å². The summed E-state index contributed by atoms with van der Waals surface area (Å²) in [7, 11) is 0. The zero-order valence-corrected chi connectivity index (χ0v) is 14.1. The van der Waals surface area contributed by atoms with Crippen LogP contribution in [0, 0.1) is 11.3 Å². The first-order valence-electron chi connectivity index (χ1n) is 8.61. The van der Waals surface area contributed by atoms with E-state index in [0.717, 1.165) is 43.1 Å². The number of nitrogens with two attached hydrogens (primary N) is 1. The van der Waals surface area contributed by atoms with Gasteiger partial charge in [-0.25, -0.2) is 9.97 Å². The van der Waals surface area contributed by atoms with Crippen LogP contribution in [0.15, 0.2) is 12.3 Å². The number of aromatic nitrogens is 3. The molecule has 2 bridgehead atoms. The van der Waals surface area contributed by atoms with E-state index >= 15 is 0 Å². The van der Waals surface area contributed by atoms with Gasteiger partial charge in [-0.15, -0.1) is 0 Å². The standard InChI is InChI=1S/C17H19F3N6/c18-17(19,20)10-26-12-7-13(23-9-11(12)24-14(26)8-21)25-16-4-1-15(22,2-5-16)3-6-16/h7,9H,1-6,10,22H2,(H,23,25). The van der Waals surface area contributed by atoms with E-state index in [0.29, 0.717) is 5.82 Å². The first kappa shape index (κ1) is 17.1. The average Bonchev–Trinajstić information content (AvgIpc) is 2.92. The monoisotopic (exact) mass is 364 g/mol. The largest absolute Gasteiger partial charge is 0.406 e. The van der Waals surface area contributed by atoms with Crippen molar-refractivity contribution in [2.75, 3.05) is 5.32 Å². The molecule has 0 spiro atoms. The lowest BCUT2D eigenvalue weighted by Crippen LogP contribution is -2.57. The van der Waals surface area contributed by atoms with Gasteiger partial charge in [0.1, 0.15) is 23.9 Å². The van der Waals surface area contributed by atoms with Gasteiger partial charge in [-0.1, -0.05) is 0 Å². The summed E-state index contributed by atoms with van der Waals surface area (Å²) in [6.07, 6.45) is 2.57. The predicted molar refractivity (Wildman–Crippen MR) is 89.3 cm³/mol. The lowest BCUT2D eigenvalue weighted by Gasteiger charge is -2.52. The number of pyridine rings is 1. The maximum Gasteiger partial charge on any atom is 0.406 e. The van der Waals surface area contributed by atoms with E-state index in [1.807, 2.05) is 0 Å². The van der Waals surface area contributed by atoms with Gasteiger partial charge in [0.05, 0.1) is 11.7 Å². The topological polar surface area (TPSA) is 92.6 Å². The van der Waals surface area contributed by atoms with E-state index in [-0.39, 0.29) is 27.9 Å². The molecule has 9 heteroatoms. The van der Waals surface area contributed by atoms with Crippen molar-refractivity contribution in [3.63, 3.8) is 0 Å². The SMILES string of the molecule is N#Cc1nc2cnc(NC34CCC(N)(CC3)CC4)cc2n1CC(F)(F)F. The molecule has 3 saturated carbocycles. The molecule has 0 unspecified atom stereocenters. The maximum absolute atomic E-state index is 12.9. The zero-order valence-electron chi connectivity index (χ0n) is 14.1. The molecule has 2 aromatic heterocycles. The molecular formula is C17H19F3N6. The Hall–Kier alpha value is -2.34. The van der Waals surface area contributed by atoms with Crippen molar-refractivity contribution in [3.8, 4) is 6.07 Å². The molecular weight excluding hydrogens is 345 g/mol. The summed E-state index contributed by atoms with van der Waals surface area (Å²) in [5.74, 6) is 0.245. The van der Waals surface area contributed by atoms with Crippen molar-refractivity contribution >= 4 is 16.9 Å². The second kappa shape index (κ2) is 5.58. The van der Waals surface area contributed by atoms with E-state index in [1.165, 1.54) is 6.20 Å². The van der Waals surface area contributed by atoms with Crippen LogP contribution >= 0.6 is 0 Å². The van der Waals surface area contributed by atoms with E-state index in [1.54, 1.807) is 12.1 Å². The number of imidazole rings is 1. The molecule has 0 aromatic carbocycles. The van der Waals surface area contributed by atoms with Crippen LogP contribution in [0.4, 0.5) is 19.0 Å². The predicted octanol–water partition coefficient (Wildman–Crippen LogP) is 3.08. The molecule has 2 heterocycles. The molecule has 3 N–H and O–H groups in total. The smallest absolute Gasteiger partial charge is 0.365 e. The molecule has 0 saturated heterocycles. The normalized spacial score (nSPS) is 28.3. The van der Waals surface area contributed by atoms with Crippen molar-refractivity contribution in [1.82, 2.24) is 14.5 Å². The summed E-state index contributed by atoms with van der Waals surface area (Å²) >= 11 is 0. The molecule has 3 fully saturated rings. The third-order valence-corrected chi connectivity index (χ3v) is 5.77. The summed E-state index contributed by atoms with van der Waals surface area (Å²) in [6, 6.07) is 3.29. The molecule has 0 amide bonds. The van der Waals surface area contributed by atoms with Crippen LogP contribution < -0.4 is 11.1 Å². The average molecular weight is 364 g/mol. The van der Waals surface area contributed by atoms with Gasteiger partial charge in [-0.05, 0) is 38.5 Å². The van der Waals surface area contributed by atoms with E-state index in [2.05, 4.69) is 15.3 Å². The molecule has 6 nitrogen and oxygen atoms in total. The quantitative estimate of drug-likeness (QED) is 0.873. The number of anilines is 1. The maximum atomic E-state index is 12.9. The third kappa shape index (κ3) is 2.98. The van der Waals surface area contributed by atoms with Gasteiger partial charge in [0.15, 0.2) is 0 Å². The number of nitriles is 1. The van der Waals surface area contributed by atoms with E-state index in [4.69, 9.17) is 11.0 Å². The number of fused-ring (bicyclic) bond motifs is 4. The lowest BCUT2D eigenvalue weighted by molar-refractivity contribution is -0.140. The highest BCUT2D eigenvalue weighted by molar-refractivity contribution is 5.78. The van der Waals surface area contributed by atoms with Crippen LogP contribution in [-0.2, 0) is 6.54 Å². The molecule has 5 rings (SSSR count). The molecule has 138 valence electrons. The highest BCUT2D eigenvalue weighted by Gasteiger charge is 2.46. The number of halogens is 3. The third-order valence-electron chi connectivity index (χ3n) is 5.77. The zero-order chi connectivity index (χ0) is 18.6. The van der Waals surface area contributed by atoms with Crippen molar-refractivity contribution in [2.45, 2.75) is 62.3 Å². The van der Waals surface area contributed by atoms with Crippen molar-refractivity contribution in [1.29, 1.82) is 5.26 Å². The Labute approximate surface area is 148 Å². The van der Waals surface area contributed by atoms with Crippen molar-refractivity contribution in [2.24, 2.45) is 5.73 Å². The molecule has 0 aliphatic heterocycles. The fourth-order valence-electron chi connectivity index (χ4n) is 4.20. The van der Waals surface area contributed by atoms with Gasteiger partial charge in [0, 0.05) is 17.1 Å². The summed E-state index contributed by atoms with van der Waals surface area (Å²) in [5.41, 5.74) is 6.70. The Morgan fingerprint density at radius 3 is 2.46 bits per heavy atom. The number of hydrogen-bond donors (Lipinski definition) is 2. The fraction of sp³-hybridized carbons (Fsp3) is 0.588. The summed E-state index contributed by atoms with van der Waals surface area (Å²) in [5, 5.41) is 12.5. The number of nitrogens with zero attached hydrogens (tertiary/aromatic N) is 4. The first-order valence-corrected chi connectivity index (χ1v) is 8.61. The Morgan fingerprint density at radius 1 is 1.23 bits per heavy atom. The van der Waals surface area contributed by atoms with E-state index < -0.39 is 12.7 Å². The van der Waals surface area contributed by atoms with Crippen molar-refractivity contribution in [3.05, 3.63) is 18.1 Å². The molecule has 26 heavy (non-hydrogen) atoms. The molecule has 3 aliphatic rings. The summed E-state index contributed by atoms with van der Waals surface area (Å²) in [6.45, 7) is -1.25. The van der Waals surface area contributed by atoms with Crippen LogP contribution in [-0.4, -0.2) is 31.8 Å². The molecule has 0 radical (unpaired) electrons. The number of alkyl halides is 3. The number of nitrogens with one attached hydrogen (secondary N) is 1. The summed E-state index contributed by atoms with van der Waals surface area (Å²) < 4.78 is 39.6. The Kier molecular flexibility index (Phi) is 3.67. The summed E-state index contributed by atoms with van der Waals surface area (Å²) in [4.78, 5) is 8.26. The fourth-order valence-corrected chi connectivity index (χ4v) is 4.20. The Bertz CT molecular complexity index is 870. The van der Waals surface area contributed by atoms with Gasteiger partial charge < -0.3 is 15.6 Å². The van der Waals surface area contributed by atoms with E-state index in [9.17, 15) is 13.2 Å². The minimum Gasteiger partial charge on any atom is -0.365 e. The van der Waals surface area contributed by atoms with Crippen LogP contribution in [0.5, 0.6) is 0 Å².